The predicted octanol–water partition coefficient (Wildman–Crippen LogP) is 0.852. The van der Waals surface area contributed by atoms with Crippen molar-refractivity contribution >= 4 is 11.9 Å². The molecule has 0 aromatic heterocycles. The lowest BCUT2D eigenvalue weighted by Gasteiger charge is -2.21. The number of nitrogens with zero attached hydrogens (tertiary/aromatic N) is 1. The third-order valence-electron chi connectivity index (χ3n) is 3.14. The van der Waals surface area contributed by atoms with Crippen LogP contribution in [0.4, 0.5) is 0 Å². The molecule has 1 aromatic carbocycles. The van der Waals surface area contributed by atoms with Gasteiger partial charge >= 0.3 is 5.97 Å². The number of benzene rings is 1. The van der Waals surface area contributed by atoms with Gasteiger partial charge in [-0.15, -0.1) is 0 Å². The molecule has 20 heavy (non-hydrogen) atoms. The van der Waals surface area contributed by atoms with Crippen molar-refractivity contribution in [3.63, 3.8) is 0 Å². The van der Waals surface area contributed by atoms with Gasteiger partial charge in [0.15, 0.2) is 11.5 Å². The number of carbonyl (C=O) groups excluding carboxylic acids is 1. The Morgan fingerprint density at radius 1 is 1.25 bits per heavy atom. The summed E-state index contributed by atoms with van der Waals surface area (Å²) >= 11 is 0. The van der Waals surface area contributed by atoms with Crippen LogP contribution in [0.15, 0.2) is 12.1 Å². The zero-order chi connectivity index (χ0) is 14.7. The fraction of sp³-hybridized carbons (Fsp3) is 0.429. The second-order valence-corrected chi connectivity index (χ2v) is 4.74. The van der Waals surface area contributed by atoms with Crippen LogP contribution in [0.5, 0.6) is 11.5 Å². The summed E-state index contributed by atoms with van der Waals surface area (Å²) < 4.78 is 10.9. The number of carbonyl (C=O) groups is 2. The van der Waals surface area contributed by atoms with E-state index in [0.29, 0.717) is 24.7 Å². The van der Waals surface area contributed by atoms with Gasteiger partial charge in [-0.2, -0.15) is 0 Å². The first-order valence-electron chi connectivity index (χ1n) is 6.32. The lowest BCUT2D eigenvalue weighted by molar-refractivity contribution is -0.143. The van der Waals surface area contributed by atoms with Crippen molar-refractivity contribution in [1.82, 2.24) is 4.90 Å². The summed E-state index contributed by atoms with van der Waals surface area (Å²) in [7, 11) is 1.48. The van der Waals surface area contributed by atoms with Crippen LogP contribution in [0.2, 0.25) is 0 Å². The minimum Gasteiger partial charge on any atom is -0.486 e. The van der Waals surface area contributed by atoms with E-state index >= 15 is 0 Å². The number of ether oxygens (including phenoxy) is 2. The maximum absolute atomic E-state index is 12.0. The first-order valence-corrected chi connectivity index (χ1v) is 6.32. The number of aliphatic carboxylic acids is 1. The van der Waals surface area contributed by atoms with Crippen molar-refractivity contribution in [3.8, 4) is 11.5 Å². The van der Waals surface area contributed by atoms with Gasteiger partial charge in [0, 0.05) is 7.05 Å². The van der Waals surface area contributed by atoms with Crippen molar-refractivity contribution in [2.75, 3.05) is 26.8 Å². The van der Waals surface area contributed by atoms with Gasteiger partial charge < -0.3 is 19.5 Å². The summed E-state index contributed by atoms with van der Waals surface area (Å²) in [5, 5.41) is 8.68. The number of likely N-dealkylation sites (N-methyl/N-ethyl adjacent to an activating group) is 1. The van der Waals surface area contributed by atoms with E-state index in [1.165, 1.54) is 11.9 Å². The fourth-order valence-corrected chi connectivity index (χ4v) is 2.01. The second kappa shape index (κ2) is 5.81. The average molecular weight is 279 g/mol. The molecule has 0 spiro atoms. The Labute approximate surface area is 116 Å². The molecule has 0 atom stereocenters. The molecule has 6 heteroatoms. The monoisotopic (exact) mass is 279 g/mol. The lowest BCUT2D eigenvalue weighted by Crippen LogP contribution is -2.33. The fourth-order valence-electron chi connectivity index (χ4n) is 2.01. The molecular formula is C14H17NO5. The topological polar surface area (TPSA) is 76.1 Å². The first kappa shape index (κ1) is 14.2. The molecule has 6 nitrogen and oxygen atoms in total. The molecule has 1 amide bonds. The summed E-state index contributed by atoms with van der Waals surface area (Å²) in [6.07, 6.45) is 0.145. The van der Waals surface area contributed by atoms with Crippen LogP contribution < -0.4 is 9.47 Å². The average Bonchev–Trinajstić information content (AvgIpc) is 2.38. The maximum atomic E-state index is 12.0. The molecule has 0 bridgehead atoms. The van der Waals surface area contributed by atoms with Crippen molar-refractivity contribution in [3.05, 3.63) is 23.3 Å². The summed E-state index contributed by atoms with van der Waals surface area (Å²) in [6.45, 7) is 2.59. The van der Waals surface area contributed by atoms with Crippen LogP contribution in [0.3, 0.4) is 0 Å². The second-order valence-electron chi connectivity index (χ2n) is 4.74. The molecule has 1 aromatic rings. The number of amides is 1. The summed E-state index contributed by atoms with van der Waals surface area (Å²) in [5.74, 6) is 0.0429. The van der Waals surface area contributed by atoms with E-state index in [-0.39, 0.29) is 18.9 Å². The van der Waals surface area contributed by atoms with Gasteiger partial charge in [-0.1, -0.05) is 0 Å². The molecule has 0 saturated heterocycles. The Morgan fingerprint density at radius 2 is 1.85 bits per heavy atom. The summed E-state index contributed by atoms with van der Waals surface area (Å²) in [5.41, 5.74) is 1.74. The highest BCUT2D eigenvalue weighted by molar-refractivity contribution is 5.83. The van der Waals surface area contributed by atoms with Crippen LogP contribution >= 0.6 is 0 Å². The number of aryl methyl sites for hydroxylation is 1. The lowest BCUT2D eigenvalue weighted by atomic mass is 10.0. The molecule has 0 radical (unpaired) electrons. The van der Waals surface area contributed by atoms with Crippen LogP contribution in [0.25, 0.3) is 0 Å². The van der Waals surface area contributed by atoms with E-state index in [0.717, 1.165) is 11.1 Å². The Kier molecular flexibility index (Phi) is 4.12. The quantitative estimate of drug-likeness (QED) is 0.884. The van der Waals surface area contributed by atoms with Crippen molar-refractivity contribution in [2.24, 2.45) is 0 Å². The number of hydrogen-bond donors (Lipinski definition) is 1. The number of carboxylic acid groups (broad SMARTS) is 1. The smallest absolute Gasteiger partial charge is 0.323 e. The van der Waals surface area contributed by atoms with E-state index < -0.39 is 5.97 Å². The van der Waals surface area contributed by atoms with Crippen LogP contribution in [-0.2, 0) is 16.0 Å². The highest BCUT2D eigenvalue weighted by Crippen LogP contribution is 2.33. The maximum Gasteiger partial charge on any atom is 0.323 e. The molecule has 1 N–H and O–H groups in total. The van der Waals surface area contributed by atoms with Crippen LogP contribution in [-0.4, -0.2) is 48.7 Å². The molecule has 1 aliphatic rings. The Hall–Kier alpha value is -2.24. The largest absolute Gasteiger partial charge is 0.486 e. The van der Waals surface area contributed by atoms with E-state index in [2.05, 4.69) is 0 Å². The summed E-state index contributed by atoms with van der Waals surface area (Å²) in [6, 6.07) is 3.63. The van der Waals surface area contributed by atoms with E-state index in [4.69, 9.17) is 14.6 Å². The molecule has 2 rings (SSSR count). The summed E-state index contributed by atoms with van der Waals surface area (Å²) in [4.78, 5) is 23.7. The third kappa shape index (κ3) is 3.20. The highest BCUT2D eigenvalue weighted by Gasteiger charge is 2.18. The zero-order valence-electron chi connectivity index (χ0n) is 11.5. The molecule has 0 aliphatic carbocycles. The van der Waals surface area contributed by atoms with Gasteiger partial charge in [0.05, 0.1) is 6.42 Å². The Balaban J connectivity index is 2.13. The number of fused-ring (bicyclic) bond motifs is 1. The number of hydrogen-bond acceptors (Lipinski definition) is 4. The number of carboxylic acids is 1. The normalized spacial score (nSPS) is 12.9. The van der Waals surface area contributed by atoms with E-state index in [1.807, 2.05) is 13.0 Å². The van der Waals surface area contributed by atoms with Crippen molar-refractivity contribution in [1.29, 1.82) is 0 Å². The molecule has 1 heterocycles. The third-order valence-corrected chi connectivity index (χ3v) is 3.14. The minimum absolute atomic E-state index is 0.145. The Morgan fingerprint density at radius 3 is 2.45 bits per heavy atom. The molecule has 108 valence electrons. The number of rotatable bonds is 4. The standard InChI is InChI=1S/C14H17NO5/c1-9-5-11-12(20-4-3-19-11)6-10(9)7-13(16)15(2)8-14(17)18/h5-6H,3-4,7-8H2,1-2H3,(H,17,18). The van der Waals surface area contributed by atoms with Gasteiger partial charge in [0.1, 0.15) is 19.8 Å². The molecule has 0 saturated carbocycles. The SMILES string of the molecule is Cc1cc2c(cc1CC(=O)N(C)CC(=O)O)OCCO2. The van der Waals surface area contributed by atoms with Crippen molar-refractivity contribution < 1.29 is 24.2 Å². The molecule has 0 fully saturated rings. The van der Waals surface area contributed by atoms with Gasteiger partial charge in [-0.3, -0.25) is 9.59 Å². The molecular weight excluding hydrogens is 262 g/mol. The highest BCUT2D eigenvalue weighted by atomic mass is 16.6. The first-order chi connectivity index (χ1) is 9.47. The zero-order valence-corrected chi connectivity index (χ0v) is 11.5. The van der Waals surface area contributed by atoms with Gasteiger partial charge in [0.2, 0.25) is 5.91 Å². The predicted molar refractivity (Wildman–Crippen MR) is 71.1 cm³/mol. The minimum atomic E-state index is -1.03. The van der Waals surface area contributed by atoms with Crippen LogP contribution in [0.1, 0.15) is 11.1 Å². The van der Waals surface area contributed by atoms with Crippen molar-refractivity contribution in [2.45, 2.75) is 13.3 Å². The van der Waals surface area contributed by atoms with E-state index in [1.54, 1.807) is 6.07 Å². The molecule has 0 unspecified atom stereocenters. The van der Waals surface area contributed by atoms with Gasteiger partial charge in [0.25, 0.3) is 0 Å². The van der Waals surface area contributed by atoms with Gasteiger partial charge in [-0.25, -0.2) is 0 Å². The van der Waals surface area contributed by atoms with Crippen LogP contribution in [0, 0.1) is 6.92 Å². The van der Waals surface area contributed by atoms with Gasteiger partial charge in [-0.05, 0) is 30.2 Å². The molecule has 1 aliphatic heterocycles. The Bertz CT molecular complexity index is 541. The van der Waals surface area contributed by atoms with E-state index in [9.17, 15) is 9.59 Å².